The van der Waals surface area contributed by atoms with Crippen LogP contribution in [0.5, 0.6) is 0 Å². The summed E-state index contributed by atoms with van der Waals surface area (Å²) >= 11 is 6.39. The lowest BCUT2D eigenvalue weighted by Gasteiger charge is -2.39. The van der Waals surface area contributed by atoms with E-state index in [0.29, 0.717) is 16.9 Å². The van der Waals surface area contributed by atoms with Crippen LogP contribution in [0.4, 0.5) is 0 Å². The Labute approximate surface area is 125 Å². The molecule has 20 heavy (non-hydrogen) atoms. The number of aliphatic hydroxyl groups is 1. The minimum Gasteiger partial charge on any atom is -0.383 e. The van der Waals surface area contributed by atoms with Crippen LogP contribution >= 0.6 is 11.6 Å². The topological polar surface area (TPSA) is 38.0 Å². The van der Waals surface area contributed by atoms with Crippen molar-refractivity contribution in [3.8, 4) is 0 Å². The molecule has 1 aromatic rings. The summed E-state index contributed by atoms with van der Waals surface area (Å²) in [6.45, 7) is 2.98. The Morgan fingerprint density at radius 2 is 2.25 bits per heavy atom. The highest BCUT2D eigenvalue weighted by atomic mass is 35.5. The monoisotopic (exact) mass is 294 g/mol. The lowest BCUT2D eigenvalue weighted by molar-refractivity contribution is -0.0578. The van der Waals surface area contributed by atoms with Gasteiger partial charge in [0, 0.05) is 6.54 Å². The first-order valence-corrected chi connectivity index (χ1v) is 8.47. The van der Waals surface area contributed by atoms with E-state index in [9.17, 15) is 5.11 Å². The van der Waals surface area contributed by atoms with E-state index in [4.69, 9.17) is 11.6 Å². The van der Waals surface area contributed by atoms with Gasteiger partial charge in [-0.1, -0.05) is 24.9 Å². The van der Waals surface area contributed by atoms with Gasteiger partial charge in [0.15, 0.2) is 0 Å². The van der Waals surface area contributed by atoms with Gasteiger partial charge in [-0.15, -0.1) is 0 Å². The number of rotatable bonds is 3. The van der Waals surface area contributed by atoms with E-state index in [2.05, 4.69) is 12.0 Å². The quantitative estimate of drug-likeness (QED) is 0.925. The fourth-order valence-electron chi connectivity index (χ4n) is 5.56. The molecular formula is C16H23ClN2O. The number of hydrogen-bond donors (Lipinski definition) is 1. The molecule has 4 heteroatoms. The number of nitrogens with zero attached hydrogens (tertiary/aromatic N) is 2. The molecule has 5 atom stereocenters. The Morgan fingerprint density at radius 3 is 3.05 bits per heavy atom. The first-order valence-electron chi connectivity index (χ1n) is 8.09. The molecule has 0 radical (unpaired) electrons. The fraction of sp³-hybridized carbons (Fsp3) is 0.812. The van der Waals surface area contributed by atoms with Crippen molar-refractivity contribution in [3.05, 3.63) is 16.9 Å². The summed E-state index contributed by atoms with van der Waals surface area (Å²) in [5.41, 5.74) is 0.178. The summed E-state index contributed by atoms with van der Waals surface area (Å²) in [4.78, 5) is 0. The van der Waals surface area contributed by atoms with E-state index < -0.39 is 5.60 Å². The molecular weight excluding hydrogens is 272 g/mol. The third kappa shape index (κ3) is 1.59. The summed E-state index contributed by atoms with van der Waals surface area (Å²) in [6, 6.07) is 0. The van der Waals surface area contributed by atoms with Crippen LogP contribution in [0.25, 0.3) is 0 Å². The average Bonchev–Trinajstić information content (AvgIpc) is 3.10. The molecule has 1 aromatic heterocycles. The van der Waals surface area contributed by atoms with Gasteiger partial charge in [-0.25, -0.2) is 0 Å². The SMILES string of the molecule is CCCn1ncc(Cl)c1C1(O)CC2CC1C1CCCC21. The molecule has 5 unspecified atom stereocenters. The predicted molar refractivity (Wildman–Crippen MR) is 78.5 cm³/mol. The maximum atomic E-state index is 11.4. The predicted octanol–water partition coefficient (Wildman–Crippen LogP) is 3.59. The van der Waals surface area contributed by atoms with Crippen molar-refractivity contribution in [1.82, 2.24) is 9.78 Å². The minimum atomic E-state index is -0.723. The minimum absolute atomic E-state index is 0.407. The molecule has 1 heterocycles. The van der Waals surface area contributed by atoms with Crippen LogP contribution in [0.2, 0.25) is 5.02 Å². The van der Waals surface area contributed by atoms with E-state index in [0.717, 1.165) is 36.9 Å². The Bertz CT molecular complexity index is 529. The Morgan fingerprint density at radius 1 is 1.45 bits per heavy atom. The third-order valence-corrected chi connectivity index (χ3v) is 6.41. The number of aryl methyl sites for hydroxylation is 1. The van der Waals surface area contributed by atoms with Gasteiger partial charge in [-0.2, -0.15) is 5.10 Å². The molecule has 2 bridgehead atoms. The fourth-order valence-corrected chi connectivity index (χ4v) is 5.86. The van der Waals surface area contributed by atoms with E-state index in [1.807, 2.05) is 4.68 Å². The number of fused-ring (bicyclic) bond motifs is 5. The number of hydrogen-bond acceptors (Lipinski definition) is 2. The molecule has 3 saturated carbocycles. The summed E-state index contributed by atoms with van der Waals surface area (Å²) in [5, 5.41) is 16.5. The van der Waals surface area contributed by atoms with Gasteiger partial charge in [0.25, 0.3) is 0 Å². The van der Waals surface area contributed by atoms with E-state index in [-0.39, 0.29) is 0 Å². The summed E-state index contributed by atoms with van der Waals surface area (Å²) in [7, 11) is 0. The summed E-state index contributed by atoms with van der Waals surface area (Å²) in [5.74, 6) is 2.71. The zero-order valence-corrected chi connectivity index (χ0v) is 12.8. The lowest BCUT2D eigenvalue weighted by atomic mass is 9.71. The lowest BCUT2D eigenvalue weighted by Crippen LogP contribution is -2.41. The largest absolute Gasteiger partial charge is 0.383 e. The molecule has 3 nitrogen and oxygen atoms in total. The smallest absolute Gasteiger partial charge is 0.111 e. The molecule has 110 valence electrons. The molecule has 0 saturated heterocycles. The second-order valence-corrected chi connectivity index (χ2v) is 7.46. The molecule has 0 aromatic carbocycles. The third-order valence-electron chi connectivity index (χ3n) is 6.13. The molecule has 4 rings (SSSR count). The normalized spacial score (nSPS) is 42.4. The van der Waals surface area contributed by atoms with Crippen LogP contribution in [0.1, 0.15) is 51.1 Å². The second-order valence-electron chi connectivity index (χ2n) is 7.05. The van der Waals surface area contributed by atoms with Crippen LogP contribution in [0.3, 0.4) is 0 Å². The Hall–Kier alpha value is -0.540. The summed E-state index contributed by atoms with van der Waals surface area (Å²) < 4.78 is 1.95. The highest BCUT2D eigenvalue weighted by Gasteiger charge is 2.62. The standard InChI is InChI=1S/C16H23ClN2O/c1-2-6-19-15(14(17)9-18-19)16(20)8-10-7-13(16)12-5-3-4-11(10)12/h9-13,20H,2-8H2,1H3. The van der Waals surface area contributed by atoms with Gasteiger partial charge in [-0.05, 0) is 55.8 Å². The highest BCUT2D eigenvalue weighted by Crippen LogP contribution is 2.65. The zero-order chi connectivity index (χ0) is 13.9. The van der Waals surface area contributed by atoms with Crippen LogP contribution in [-0.2, 0) is 12.1 Å². The zero-order valence-electron chi connectivity index (χ0n) is 12.1. The van der Waals surface area contributed by atoms with E-state index in [1.165, 1.54) is 25.7 Å². The van der Waals surface area contributed by atoms with Gasteiger partial charge in [0.05, 0.1) is 16.9 Å². The maximum Gasteiger partial charge on any atom is 0.111 e. The molecule has 0 aliphatic heterocycles. The van der Waals surface area contributed by atoms with Crippen molar-refractivity contribution in [3.63, 3.8) is 0 Å². The van der Waals surface area contributed by atoms with Crippen molar-refractivity contribution < 1.29 is 5.11 Å². The van der Waals surface area contributed by atoms with Gasteiger partial charge in [-0.3, -0.25) is 4.68 Å². The number of halogens is 1. The van der Waals surface area contributed by atoms with Crippen LogP contribution in [0, 0.1) is 23.7 Å². The molecule has 0 spiro atoms. The molecule has 1 N–H and O–H groups in total. The van der Waals surface area contributed by atoms with Crippen molar-refractivity contribution in [2.75, 3.05) is 0 Å². The van der Waals surface area contributed by atoms with Gasteiger partial charge in [0.1, 0.15) is 5.60 Å². The van der Waals surface area contributed by atoms with Crippen molar-refractivity contribution in [2.24, 2.45) is 23.7 Å². The van der Waals surface area contributed by atoms with Crippen LogP contribution in [-0.4, -0.2) is 14.9 Å². The second kappa shape index (κ2) is 4.48. The van der Waals surface area contributed by atoms with Crippen LogP contribution in [0.15, 0.2) is 6.20 Å². The van der Waals surface area contributed by atoms with Gasteiger partial charge >= 0.3 is 0 Å². The molecule has 3 aliphatic carbocycles. The molecule has 3 aliphatic rings. The Balaban J connectivity index is 1.74. The van der Waals surface area contributed by atoms with Crippen LogP contribution < -0.4 is 0 Å². The van der Waals surface area contributed by atoms with Crippen molar-refractivity contribution in [1.29, 1.82) is 0 Å². The number of aromatic nitrogens is 2. The van der Waals surface area contributed by atoms with E-state index in [1.54, 1.807) is 6.20 Å². The molecule has 0 amide bonds. The van der Waals surface area contributed by atoms with Crippen molar-refractivity contribution >= 4 is 11.6 Å². The van der Waals surface area contributed by atoms with Gasteiger partial charge < -0.3 is 5.11 Å². The van der Waals surface area contributed by atoms with Crippen molar-refractivity contribution in [2.45, 2.75) is 57.6 Å². The van der Waals surface area contributed by atoms with E-state index >= 15 is 0 Å². The highest BCUT2D eigenvalue weighted by molar-refractivity contribution is 6.31. The Kier molecular flexibility index (Phi) is 2.94. The first-order chi connectivity index (χ1) is 9.65. The maximum absolute atomic E-state index is 11.4. The average molecular weight is 295 g/mol. The van der Waals surface area contributed by atoms with Gasteiger partial charge in [0.2, 0.25) is 0 Å². The first kappa shape index (κ1) is 13.1. The molecule has 3 fully saturated rings. The summed E-state index contributed by atoms with van der Waals surface area (Å²) in [6.07, 6.45) is 8.84.